The van der Waals surface area contributed by atoms with Crippen molar-refractivity contribution in [2.75, 3.05) is 0 Å². The fraction of sp³-hybridized carbons (Fsp3) is 0.0556. The summed E-state index contributed by atoms with van der Waals surface area (Å²) in [5.41, 5.74) is 3.44. The fourth-order valence-electron chi connectivity index (χ4n) is 2.48. The van der Waals surface area contributed by atoms with E-state index in [2.05, 4.69) is 21.1 Å². The topological polar surface area (TPSA) is 43.6 Å². The molecular formula is C18H12FN4. The summed E-state index contributed by atoms with van der Waals surface area (Å²) in [6, 6.07) is 13.3. The highest BCUT2D eigenvalue weighted by Crippen LogP contribution is 2.25. The maximum absolute atomic E-state index is 13.9. The van der Waals surface area contributed by atoms with Crippen LogP contribution in [0.2, 0.25) is 0 Å². The van der Waals surface area contributed by atoms with Crippen molar-refractivity contribution in [3.63, 3.8) is 0 Å². The minimum absolute atomic E-state index is 0.306. The molecule has 4 nitrogen and oxygen atoms in total. The second-order valence-corrected chi connectivity index (χ2v) is 5.26. The van der Waals surface area contributed by atoms with Crippen molar-refractivity contribution in [1.29, 1.82) is 0 Å². The summed E-state index contributed by atoms with van der Waals surface area (Å²) in [5, 5.41) is 4.94. The summed E-state index contributed by atoms with van der Waals surface area (Å²) in [6.45, 7) is 0. The van der Waals surface area contributed by atoms with Crippen LogP contribution < -0.4 is 0 Å². The standard InChI is InChI=1S/C18H12FN4/c1-23-11-14(10-21-23)13-8-12-6-7-17(22-18(12)20-9-13)15-4-2-3-5-16(15)19/h2-5,7-11H,1H3. The molecule has 0 aliphatic carbocycles. The van der Waals surface area contributed by atoms with Crippen LogP contribution in [0.1, 0.15) is 0 Å². The molecule has 0 amide bonds. The number of hydrogen-bond donors (Lipinski definition) is 0. The number of nitrogens with zero attached hydrogens (tertiary/aromatic N) is 4. The lowest BCUT2D eigenvalue weighted by molar-refractivity contribution is 0.631. The van der Waals surface area contributed by atoms with Gasteiger partial charge in [0, 0.05) is 41.5 Å². The van der Waals surface area contributed by atoms with E-state index in [1.807, 2.05) is 19.3 Å². The molecule has 4 rings (SSSR count). The van der Waals surface area contributed by atoms with Crippen LogP contribution in [0.4, 0.5) is 4.39 Å². The molecule has 4 aromatic rings. The molecule has 0 aliphatic heterocycles. The van der Waals surface area contributed by atoms with Crippen molar-refractivity contribution < 1.29 is 4.39 Å². The van der Waals surface area contributed by atoms with E-state index in [1.54, 1.807) is 41.3 Å². The van der Waals surface area contributed by atoms with E-state index >= 15 is 0 Å². The minimum atomic E-state index is -0.306. The second kappa shape index (κ2) is 5.28. The number of hydrogen-bond acceptors (Lipinski definition) is 3. The van der Waals surface area contributed by atoms with Gasteiger partial charge in [0.25, 0.3) is 0 Å². The third-order valence-electron chi connectivity index (χ3n) is 3.65. The summed E-state index contributed by atoms with van der Waals surface area (Å²) in [7, 11) is 1.87. The van der Waals surface area contributed by atoms with Crippen molar-refractivity contribution in [1.82, 2.24) is 19.7 Å². The molecule has 3 heterocycles. The number of pyridine rings is 2. The van der Waals surface area contributed by atoms with Gasteiger partial charge in [0.05, 0.1) is 11.9 Å². The van der Waals surface area contributed by atoms with Crippen LogP contribution >= 0.6 is 0 Å². The van der Waals surface area contributed by atoms with Gasteiger partial charge >= 0.3 is 0 Å². The van der Waals surface area contributed by atoms with Crippen LogP contribution in [0.25, 0.3) is 33.4 Å². The van der Waals surface area contributed by atoms with Gasteiger partial charge in [-0.1, -0.05) is 12.1 Å². The molecule has 0 aliphatic rings. The van der Waals surface area contributed by atoms with Gasteiger partial charge in [0.2, 0.25) is 0 Å². The number of aromatic nitrogens is 4. The molecule has 3 aromatic heterocycles. The van der Waals surface area contributed by atoms with Crippen molar-refractivity contribution in [3.05, 3.63) is 66.9 Å². The van der Waals surface area contributed by atoms with E-state index in [0.717, 1.165) is 16.5 Å². The summed E-state index contributed by atoms with van der Waals surface area (Å²) < 4.78 is 15.6. The monoisotopic (exact) mass is 303 g/mol. The lowest BCUT2D eigenvalue weighted by Gasteiger charge is -2.05. The van der Waals surface area contributed by atoms with Crippen LogP contribution in [-0.4, -0.2) is 19.7 Å². The molecule has 111 valence electrons. The molecule has 0 saturated heterocycles. The average molecular weight is 303 g/mol. The van der Waals surface area contributed by atoms with Gasteiger partial charge in [0.15, 0.2) is 5.65 Å². The number of fused-ring (bicyclic) bond motifs is 1. The van der Waals surface area contributed by atoms with Gasteiger partial charge in [-0.15, -0.1) is 0 Å². The highest BCUT2D eigenvalue weighted by atomic mass is 19.1. The number of halogens is 1. The molecule has 0 spiro atoms. The number of aryl methyl sites for hydroxylation is 1. The molecule has 5 heteroatoms. The zero-order valence-electron chi connectivity index (χ0n) is 12.4. The van der Waals surface area contributed by atoms with Gasteiger partial charge in [-0.3, -0.25) is 4.68 Å². The first-order chi connectivity index (χ1) is 11.2. The SMILES string of the molecule is Cn1cc(-c2cnc3nc(-c4ccccc4F)c[c]c3c2)cn1. The lowest BCUT2D eigenvalue weighted by atomic mass is 10.1. The molecule has 1 radical (unpaired) electrons. The van der Waals surface area contributed by atoms with Crippen molar-refractivity contribution >= 4 is 11.0 Å². The Morgan fingerprint density at radius 3 is 2.78 bits per heavy atom. The fourth-order valence-corrected chi connectivity index (χ4v) is 2.48. The predicted molar refractivity (Wildman–Crippen MR) is 86.0 cm³/mol. The predicted octanol–water partition coefficient (Wildman–Crippen LogP) is 3.64. The maximum atomic E-state index is 13.9. The van der Waals surface area contributed by atoms with Crippen LogP contribution in [0, 0.1) is 11.9 Å². The van der Waals surface area contributed by atoms with Gasteiger partial charge in [0.1, 0.15) is 5.82 Å². The van der Waals surface area contributed by atoms with Gasteiger partial charge in [-0.2, -0.15) is 5.10 Å². The van der Waals surface area contributed by atoms with Crippen molar-refractivity contribution in [3.8, 4) is 22.4 Å². The Labute approximate surface area is 132 Å². The molecule has 0 saturated carbocycles. The quantitative estimate of drug-likeness (QED) is 0.568. The first-order valence-corrected chi connectivity index (χ1v) is 7.13. The third kappa shape index (κ3) is 2.46. The molecule has 0 atom stereocenters. The zero-order valence-corrected chi connectivity index (χ0v) is 12.4. The normalized spacial score (nSPS) is 11.0. The molecule has 0 fully saturated rings. The maximum Gasteiger partial charge on any atom is 0.160 e. The molecule has 23 heavy (non-hydrogen) atoms. The van der Waals surface area contributed by atoms with Crippen molar-refractivity contribution in [2.24, 2.45) is 7.05 Å². The van der Waals surface area contributed by atoms with E-state index in [1.165, 1.54) is 6.07 Å². The van der Waals surface area contributed by atoms with E-state index < -0.39 is 0 Å². The summed E-state index contributed by atoms with van der Waals surface area (Å²) in [4.78, 5) is 8.82. The van der Waals surface area contributed by atoms with Crippen LogP contribution in [0.3, 0.4) is 0 Å². The summed E-state index contributed by atoms with van der Waals surface area (Å²) in [6.07, 6.45) is 5.44. The Kier molecular flexibility index (Phi) is 3.12. The largest absolute Gasteiger partial charge is 0.275 e. The smallest absolute Gasteiger partial charge is 0.160 e. The lowest BCUT2D eigenvalue weighted by Crippen LogP contribution is -1.91. The Bertz CT molecular complexity index is 1010. The molecule has 0 bridgehead atoms. The van der Waals surface area contributed by atoms with Crippen molar-refractivity contribution in [2.45, 2.75) is 0 Å². The molecular weight excluding hydrogens is 291 g/mol. The molecule has 1 aromatic carbocycles. The first kappa shape index (κ1) is 13.6. The average Bonchev–Trinajstić information content (AvgIpc) is 3.01. The number of rotatable bonds is 2. The highest BCUT2D eigenvalue weighted by molar-refractivity contribution is 5.82. The van der Waals surface area contributed by atoms with Gasteiger partial charge < -0.3 is 0 Å². The van der Waals surface area contributed by atoms with Crippen LogP contribution in [-0.2, 0) is 7.05 Å². The Hall–Kier alpha value is -3.08. The Morgan fingerprint density at radius 2 is 2.00 bits per heavy atom. The first-order valence-electron chi connectivity index (χ1n) is 7.13. The zero-order chi connectivity index (χ0) is 15.8. The Balaban J connectivity index is 1.80. The van der Waals surface area contributed by atoms with Gasteiger partial charge in [-0.25, -0.2) is 14.4 Å². The van der Waals surface area contributed by atoms with Crippen LogP contribution in [0.5, 0.6) is 0 Å². The molecule has 0 unspecified atom stereocenters. The summed E-state index contributed by atoms with van der Waals surface area (Å²) >= 11 is 0. The van der Waals surface area contributed by atoms with Gasteiger partial charge in [-0.05, 0) is 30.3 Å². The van der Waals surface area contributed by atoms with E-state index in [9.17, 15) is 4.39 Å². The minimum Gasteiger partial charge on any atom is -0.275 e. The third-order valence-corrected chi connectivity index (χ3v) is 3.65. The van der Waals surface area contributed by atoms with E-state index in [-0.39, 0.29) is 5.82 Å². The van der Waals surface area contributed by atoms with E-state index in [0.29, 0.717) is 16.9 Å². The van der Waals surface area contributed by atoms with E-state index in [4.69, 9.17) is 0 Å². The Morgan fingerprint density at radius 1 is 1.13 bits per heavy atom. The highest BCUT2D eigenvalue weighted by Gasteiger charge is 2.09. The van der Waals surface area contributed by atoms with Crippen LogP contribution in [0.15, 0.2) is 55.0 Å². The molecule has 0 N–H and O–H groups in total. The number of benzene rings is 1. The summed E-state index contributed by atoms with van der Waals surface area (Å²) in [5.74, 6) is -0.306. The second-order valence-electron chi connectivity index (χ2n) is 5.26.